The van der Waals surface area contributed by atoms with Crippen LogP contribution in [-0.2, 0) is 14.8 Å². The van der Waals surface area contributed by atoms with Gasteiger partial charge in [0.25, 0.3) is 5.91 Å². The van der Waals surface area contributed by atoms with Gasteiger partial charge in [0, 0.05) is 17.5 Å². The van der Waals surface area contributed by atoms with E-state index >= 15 is 0 Å². The Balaban J connectivity index is 1.83. The average Bonchev–Trinajstić information content (AvgIpc) is 3.09. The van der Waals surface area contributed by atoms with Crippen molar-refractivity contribution >= 4 is 38.2 Å². The quantitative estimate of drug-likeness (QED) is 0.550. The average molecular weight is 469 g/mol. The van der Waals surface area contributed by atoms with Crippen molar-refractivity contribution in [2.24, 2.45) is 5.73 Å². The number of nitrogens with two attached hydrogens (primary N) is 1. The number of aryl methyl sites for hydroxylation is 1. The highest BCUT2D eigenvalue weighted by Crippen LogP contribution is 2.39. The SMILES string of the molecule is Cc1sc(NC(=O)CN(C)S(=O)(=O)c2ccc(C#N)cc2)c(C(N)=O)c1-c1ccccc1. The van der Waals surface area contributed by atoms with Crippen LogP contribution in [0.5, 0.6) is 0 Å². The Morgan fingerprint density at radius 1 is 1.12 bits per heavy atom. The van der Waals surface area contributed by atoms with Gasteiger partial charge in [0.2, 0.25) is 15.9 Å². The van der Waals surface area contributed by atoms with Gasteiger partial charge in [0.05, 0.1) is 28.6 Å². The van der Waals surface area contributed by atoms with Crippen LogP contribution in [0.2, 0.25) is 0 Å². The molecule has 3 aromatic rings. The number of likely N-dealkylation sites (N-methyl/N-ethyl adjacent to an activating group) is 1. The number of amides is 2. The fourth-order valence-electron chi connectivity index (χ4n) is 3.16. The van der Waals surface area contributed by atoms with Crippen molar-refractivity contribution in [3.63, 3.8) is 0 Å². The predicted octanol–water partition coefficient (Wildman–Crippen LogP) is 2.95. The molecule has 0 aliphatic rings. The molecule has 0 bridgehead atoms. The van der Waals surface area contributed by atoms with Gasteiger partial charge in [0.1, 0.15) is 5.00 Å². The monoisotopic (exact) mass is 468 g/mol. The zero-order valence-corrected chi connectivity index (χ0v) is 19.0. The van der Waals surface area contributed by atoms with E-state index in [1.807, 2.05) is 43.3 Å². The van der Waals surface area contributed by atoms with Gasteiger partial charge in [-0.25, -0.2) is 8.42 Å². The molecule has 32 heavy (non-hydrogen) atoms. The number of nitrogens with zero attached hydrogens (tertiary/aromatic N) is 2. The van der Waals surface area contributed by atoms with Gasteiger partial charge in [0.15, 0.2) is 0 Å². The van der Waals surface area contributed by atoms with Crippen LogP contribution in [0.1, 0.15) is 20.8 Å². The molecule has 1 heterocycles. The van der Waals surface area contributed by atoms with Crippen molar-refractivity contribution in [3.8, 4) is 17.2 Å². The largest absolute Gasteiger partial charge is 0.365 e. The molecule has 1 aromatic heterocycles. The fraction of sp³-hybridized carbons (Fsp3) is 0.136. The van der Waals surface area contributed by atoms with Gasteiger partial charge >= 0.3 is 0 Å². The lowest BCUT2D eigenvalue weighted by molar-refractivity contribution is -0.116. The molecule has 0 atom stereocenters. The maximum Gasteiger partial charge on any atom is 0.252 e. The minimum atomic E-state index is -3.95. The summed E-state index contributed by atoms with van der Waals surface area (Å²) in [6.07, 6.45) is 0. The van der Waals surface area contributed by atoms with Crippen LogP contribution in [0.15, 0.2) is 59.5 Å². The number of thiophene rings is 1. The number of carbonyl (C=O) groups excluding carboxylic acids is 2. The highest BCUT2D eigenvalue weighted by molar-refractivity contribution is 7.89. The summed E-state index contributed by atoms with van der Waals surface area (Å²) in [6.45, 7) is 1.34. The van der Waals surface area contributed by atoms with Gasteiger partial charge < -0.3 is 11.1 Å². The Morgan fingerprint density at radius 3 is 2.31 bits per heavy atom. The molecule has 0 aliphatic carbocycles. The predicted molar refractivity (Wildman–Crippen MR) is 123 cm³/mol. The number of sulfonamides is 1. The number of benzene rings is 2. The molecule has 0 unspecified atom stereocenters. The molecular formula is C22H20N4O4S2. The van der Waals surface area contributed by atoms with Gasteiger partial charge in [-0.1, -0.05) is 30.3 Å². The Morgan fingerprint density at radius 2 is 1.75 bits per heavy atom. The topological polar surface area (TPSA) is 133 Å². The summed E-state index contributed by atoms with van der Waals surface area (Å²) < 4.78 is 26.4. The Labute approximate surface area is 190 Å². The standard InChI is InChI=1S/C22H20N4O4S2/c1-14-19(16-6-4-3-5-7-16)20(21(24)28)22(31-14)25-18(27)13-26(2)32(29,30)17-10-8-15(12-23)9-11-17/h3-11H,13H2,1-2H3,(H2,24,28)(H,25,27). The minimum Gasteiger partial charge on any atom is -0.365 e. The number of rotatable bonds is 7. The van der Waals surface area contributed by atoms with E-state index in [1.54, 1.807) is 0 Å². The van der Waals surface area contributed by atoms with Crippen molar-refractivity contribution in [3.05, 3.63) is 70.6 Å². The number of nitrogens with one attached hydrogen (secondary N) is 1. The highest BCUT2D eigenvalue weighted by Gasteiger charge is 2.26. The summed E-state index contributed by atoms with van der Waals surface area (Å²) in [5.74, 6) is -1.31. The Bertz CT molecular complexity index is 1310. The second-order valence-electron chi connectivity index (χ2n) is 6.91. The molecule has 8 nitrogen and oxygen atoms in total. The lowest BCUT2D eigenvalue weighted by Gasteiger charge is -2.17. The number of carbonyl (C=O) groups is 2. The van der Waals surface area contributed by atoms with E-state index in [-0.39, 0.29) is 15.5 Å². The first-order valence-corrected chi connectivity index (χ1v) is 11.7. The van der Waals surface area contributed by atoms with E-state index in [9.17, 15) is 18.0 Å². The van der Waals surface area contributed by atoms with Gasteiger partial charge in [-0.2, -0.15) is 9.57 Å². The highest BCUT2D eigenvalue weighted by atomic mass is 32.2. The molecule has 2 amide bonds. The van der Waals surface area contributed by atoms with Crippen LogP contribution in [0.4, 0.5) is 5.00 Å². The van der Waals surface area contributed by atoms with Crippen LogP contribution < -0.4 is 11.1 Å². The maximum absolute atomic E-state index is 12.7. The lowest BCUT2D eigenvalue weighted by Crippen LogP contribution is -2.35. The molecular weight excluding hydrogens is 448 g/mol. The van der Waals surface area contributed by atoms with Crippen molar-refractivity contribution in [1.82, 2.24) is 4.31 Å². The fourth-order valence-corrected chi connectivity index (χ4v) is 5.38. The van der Waals surface area contributed by atoms with Crippen LogP contribution in [0.3, 0.4) is 0 Å². The van der Waals surface area contributed by atoms with Crippen molar-refractivity contribution in [1.29, 1.82) is 5.26 Å². The van der Waals surface area contributed by atoms with Crippen LogP contribution in [-0.4, -0.2) is 38.1 Å². The molecule has 0 saturated carbocycles. The molecule has 164 valence electrons. The minimum absolute atomic E-state index is 0.0389. The van der Waals surface area contributed by atoms with E-state index in [4.69, 9.17) is 11.0 Å². The van der Waals surface area contributed by atoms with E-state index in [2.05, 4.69) is 5.32 Å². The molecule has 0 fully saturated rings. The molecule has 0 saturated heterocycles. The summed E-state index contributed by atoms with van der Waals surface area (Å²) in [5.41, 5.74) is 7.53. The van der Waals surface area contributed by atoms with Crippen molar-refractivity contribution in [2.45, 2.75) is 11.8 Å². The first kappa shape index (κ1) is 23.1. The van der Waals surface area contributed by atoms with Gasteiger partial charge in [-0.05, 0) is 36.8 Å². The van der Waals surface area contributed by atoms with E-state index < -0.39 is 28.4 Å². The normalized spacial score (nSPS) is 11.2. The number of hydrogen-bond acceptors (Lipinski definition) is 6. The van der Waals surface area contributed by atoms with E-state index in [0.717, 1.165) is 14.7 Å². The van der Waals surface area contributed by atoms with Crippen LogP contribution >= 0.6 is 11.3 Å². The number of nitriles is 1. The van der Waals surface area contributed by atoms with Gasteiger partial charge in [-0.15, -0.1) is 11.3 Å². The third kappa shape index (κ3) is 4.70. The number of hydrogen-bond donors (Lipinski definition) is 2. The second kappa shape index (κ2) is 9.32. The molecule has 2 aromatic carbocycles. The van der Waals surface area contributed by atoms with Crippen molar-refractivity contribution in [2.75, 3.05) is 18.9 Å². The van der Waals surface area contributed by atoms with E-state index in [1.165, 1.54) is 42.6 Å². The van der Waals surface area contributed by atoms with Gasteiger partial charge in [-0.3, -0.25) is 9.59 Å². The summed E-state index contributed by atoms with van der Waals surface area (Å²) in [6, 6.07) is 16.5. The smallest absolute Gasteiger partial charge is 0.252 e. The maximum atomic E-state index is 12.7. The third-order valence-corrected chi connectivity index (χ3v) is 7.54. The number of anilines is 1. The molecule has 3 N–H and O–H groups in total. The van der Waals surface area contributed by atoms with E-state index in [0.29, 0.717) is 11.1 Å². The third-order valence-electron chi connectivity index (χ3n) is 4.70. The molecule has 3 rings (SSSR count). The van der Waals surface area contributed by atoms with Crippen LogP contribution in [0, 0.1) is 18.3 Å². The lowest BCUT2D eigenvalue weighted by atomic mass is 10.0. The molecule has 0 aliphatic heterocycles. The van der Waals surface area contributed by atoms with Crippen molar-refractivity contribution < 1.29 is 18.0 Å². The Hall–Kier alpha value is -3.52. The summed E-state index contributed by atoms with van der Waals surface area (Å²) in [5, 5.41) is 11.8. The molecule has 0 radical (unpaired) electrons. The Kier molecular flexibility index (Phi) is 6.74. The summed E-state index contributed by atoms with van der Waals surface area (Å²) in [7, 11) is -2.67. The first-order valence-electron chi connectivity index (χ1n) is 9.40. The summed E-state index contributed by atoms with van der Waals surface area (Å²) >= 11 is 1.20. The second-order valence-corrected chi connectivity index (χ2v) is 10.2. The summed E-state index contributed by atoms with van der Waals surface area (Å²) in [4.78, 5) is 25.6. The first-order chi connectivity index (χ1) is 15.1. The molecule has 0 spiro atoms. The number of primary amides is 1. The zero-order chi connectivity index (χ0) is 23.5. The zero-order valence-electron chi connectivity index (χ0n) is 17.3. The molecule has 10 heteroatoms. The van der Waals surface area contributed by atoms with Crippen LogP contribution in [0.25, 0.3) is 11.1 Å².